The molecule has 0 fully saturated rings. The van der Waals surface area contributed by atoms with E-state index in [1.165, 1.54) is 20.8 Å². The van der Waals surface area contributed by atoms with Gasteiger partial charge in [-0.25, -0.2) is 0 Å². The summed E-state index contributed by atoms with van der Waals surface area (Å²) in [6.07, 6.45) is -17.3. The molecule has 0 heterocycles. The van der Waals surface area contributed by atoms with Crippen LogP contribution in [0.5, 0.6) is 0 Å². The number of hydrogen-bond donors (Lipinski definition) is 13. The fourth-order valence-corrected chi connectivity index (χ4v) is 8.08. The van der Waals surface area contributed by atoms with Crippen molar-refractivity contribution in [2.24, 2.45) is 5.92 Å². The topological polar surface area (TPSA) is 308 Å². The van der Waals surface area contributed by atoms with Crippen LogP contribution in [-0.2, 0) is 19.1 Å². The zero-order chi connectivity index (χ0) is 36.3. The molecule has 0 aliphatic heterocycles. The van der Waals surface area contributed by atoms with E-state index in [0.717, 1.165) is 0 Å². The van der Waals surface area contributed by atoms with Gasteiger partial charge in [0.05, 0.1) is 40.4 Å². The molecule has 18 nitrogen and oxygen atoms in total. The maximum absolute atomic E-state index is 13.2. The number of hydrogen-bond acceptors (Lipinski definition) is 14. The lowest BCUT2D eigenvalue weighted by Crippen LogP contribution is -2.56. The summed E-state index contributed by atoms with van der Waals surface area (Å²) in [6, 6.07) is 0. The fraction of sp³-hybridized carbons (Fsp3) is 0.615. The molecule has 0 spiro atoms. The summed E-state index contributed by atoms with van der Waals surface area (Å²) >= 11 is 5.66. The molecule has 0 aliphatic rings. The minimum absolute atomic E-state index is 0.114. The molecule has 0 saturated heterocycles. The highest BCUT2D eigenvalue weighted by molar-refractivity contribution is 14.1. The van der Waals surface area contributed by atoms with Gasteiger partial charge in [0.2, 0.25) is 11.8 Å². The molecule has 1 aromatic carbocycles. The van der Waals surface area contributed by atoms with Crippen molar-refractivity contribution in [3.8, 4) is 0 Å². The summed E-state index contributed by atoms with van der Waals surface area (Å²) in [5, 5.41) is 99.9. The third-order valence-electron chi connectivity index (χ3n) is 6.51. The molecule has 3 unspecified atom stereocenters. The van der Waals surface area contributed by atoms with Crippen LogP contribution in [0.2, 0.25) is 0 Å². The second kappa shape index (κ2) is 20.5. The van der Waals surface area contributed by atoms with Gasteiger partial charge in [-0.2, -0.15) is 0 Å². The van der Waals surface area contributed by atoms with Gasteiger partial charge < -0.3 is 72.0 Å². The smallest absolute Gasteiger partial charge is 0.253 e. The number of anilines is 2. The van der Waals surface area contributed by atoms with Gasteiger partial charge in [-0.1, -0.05) is 6.92 Å². The van der Waals surface area contributed by atoms with E-state index in [9.17, 15) is 60.0 Å². The van der Waals surface area contributed by atoms with E-state index in [1.807, 2.05) is 67.8 Å². The summed E-state index contributed by atoms with van der Waals surface area (Å²) in [7, 11) is 0. The van der Waals surface area contributed by atoms with Crippen LogP contribution in [-0.4, -0.2) is 145 Å². The first-order valence-electron chi connectivity index (χ1n) is 13.8. The minimum atomic E-state index is -2.42. The van der Waals surface area contributed by atoms with Crippen molar-refractivity contribution >= 4 is 103 Å². The lowest BCUT2D eigenvalue weighted by Gasteiger charge is -2.34. The van der Waals surface area contributed by atoms with E-state index in [4.69, 9.17) is 9.84 Å². The molecule has 0 radical (unpaired) electrons. The molecule has 4 amide bonds. The molecule has 1 rings (SSSR count). The predicted octanol–water partition coefficient (Wildman–Crippen LogP) is -3.25. The summed E-state index contributed by atoms with van der Waals surface area (Å²) in [5.41, 5.74) is 0.703. The Labute approximate surface area is 310 Å². The third-order valence-corrected chi connectivity index (χ3v) is 9.75. The van der Waals surface area contributed by atoms with Crippen molar-refractivity contribution in [3.63, 3.8) is 0 Å². The van der Waals surface area contributed by atoms with Crippen LogP contribution in [0.25, 0.3) is 0 Å². The molecule has 268 valence electrons. The number of amides is 4. The Kier molecular flexibility index (Phi) is 19.2. The van der Waals surface area contributed by atoms with Crippen LogP contribution in [0.1, 0.15) is 31.1 Å². The molecule has 1 aromatic rings. The molecule has 0 aliphatic carbocycles. The standard InChI is InChI=1S/C26H39I3N4O14/c1-8(6-34)18(39)19(40)22(43)26(46)47-23(11(38)7-35)20(41)21(42)25(45)31-5-4-30-24(44)12-13(27)16(32-9(2)36)15(29)17(14(12)28)33-10(3)37/h8,11,18-23,26,34-35,38-43,46H,4-7H2,1-3H3,(H,30,44)(H,31,45)(H,32,36)(H,33,37)/t8?,11-,18+,19+,20-,21-,22?,23?,26+/m1/s1. The Morgan fingerprint density at radius 1 is 0.702 bits per heavy atom. The first-order chi connectivity index (χ1) is 21.8. The van der Waals surface area contributed by atoms with Crippen molar-refractivity contribution in [1.29, 1.82) is 0 Å². The SMILES string of the molecule is CC(=O)Nc1c(I)c(NC(C)=O)c(I)c(C(=O)NCCNC(=O)[C@H](O)[C@@H](O)C(O[C@H](O)C(O)[C@@H](O)[C@@H](O)C(C)CO)[C@H](O)CO)c1I. The average Bonchev–Trinajstić information content (AvgIpc) is 3.02. The summed E-state index contributed by atoms with van der Waals surface area (Å²) < 4.78 is 6.17. The highest BCUT2D eigenvalue weighted by Gasteiger charge is 2.41. The number of carbonyl (C=O) groups excluding carboxylic acids is 4. The van der Waals surface area contributed by atoms with E-state index < -0.39 is 91.8 Å². The molecule has 0 aromatic heterocycles. The Hall–Kier alpha value is -1.11. The average molecular weight is 1010 g/mol. The van der Waals surface area contributed by atoms with Gasteiger partial charge >= 0.3 is 0 Å². The van der Waals surface area contributed by atoms with Gasteiger partial charge in [0.1, 0.15) is 30.5 Å². The molecule has 21 heteroatoms. The second-order valence-electron chi connectivity index (χ2n) is 10.3. The van der Waals surface area contributed by atoms with Crippen molar-refractivity contribution < 1.29 is 69.9 Å². The molecule has 13 N–H and O–H groups in total. The molecule has 9 atom stereocenters. The zero-order valence-electron chi connectivity index (χ0n) is 25.2. The highest BCUT2D eigenvalue weighted by atomic mass is 127. The van der Waals surface area contributed by atoms with Crippen molar-refractivity contribution in [1.82, 2.24) is 10.6 Å². The number of halogens is 3. The molecule has 0 saturated carbocycles. The van der Waals surface area contributed by atoms with Gasteiger partial charge in [0.25, 0.3) is 11.8 Å². The first kappa shape index (κ1) is 43.9. The molecule has 47 heavy (non-hydrogen) atoms. The van der Waals surface area contributed by atoms with E-state index in [1.54, 1.807) is 0 Å². The number of benzene rings is 1. The van der Waals surface area contributed by atoms with Gasteiger partial charge in [0.15, 0.2) is 12.4 Å². The summed E-state index contributed by atoms with van der Waals surface area (Å²) in [4.78, 5) is 49.3. The van der Waals surface area contributed by atoms with E-state index in [2.05, 4.69) is 21.3 Å². The minimum Gasteiger partial charge on any atom is -0.396 e. The van der Waals surface area contributed by atoms with Crippen molar-refractivity contribution in [3.05, 3.63) is 16.3 Å². The maximum atomic E-state index is 13.2. The lowest BCUT2D eigenvalue weighted by atomic mass is 9.96. The van der Waals surface area contributed by atoms with E-state index >= 15 is 0 Å². The predicted molar refractivity (Wildman–Crippen MR) is 189 cm³/mol. The number of nitrogens with one attached hydrogen (secondary N) is 4. The van der Waals surface area contributed by atoms with Crippen LogP contribution in [0.15, 0.2) is 0 Å². The Bertz CT molecular complexity index is 1220. The van der Waals surface area contributed by atoms with Crippen molar-refractivity contribution in [2.75, 3.05) is 36.9 Å². The molecular formula is C26H39I3N4O14. The van der Waals surface area contributed by atoms with Gasteiger partial charge in [0, 0.05) is 39.5 Å². The third kappa shape index (κ3) is 12.3. The first-order valence-corrected chi connectivity index (χ1v) is 17.0. The Morgan fingerprint density at radius 2 is 1.19 bits per heavy atom. The fourth-order valence-electron chi connectivity index (χ4n) is 3.88. The monoisotopic (exact) mass is 1010 g/mol. The quantitative estimate of drug-likeness (QED) is 0.0391. The van der Waals surface area contributed by atoms with Crippen LogP contribution in [0.3, 0.4) is 0 Å². The lowest BCUT2D eigenvalue weighted by molar-refractivity contribution is -0.258. The second-order valence-corrected chi connectivity index (χ2v) is 13.5. The van der Waals surface area contributed by atoms with Crippen LogP contribution in [0, 0.1) is 16.6 Å². The molecular weight excluding hydrogens is 973 g/mol. The number of rotatable bonds is 18. The van der Waals surface area contributed by atoms with E-state index in [0.29, 0.717) is 22.1 Å². The van der Waals surface area contributed by atoms with Crippen LogP contribution in [0.4, 0.5) is 11.4 Å². The van der Waals surface area contributed by atoms with Crippen molar-refractivity contribution in [2.45, 2.75) is 69.8 Å². The number of aliphatic hydroxyl groups excluding tert-OH is 9. The number of aliphatic hydroxyl groups is 9. The van der Waals surface area contributed by atoms with Crippen LogP contribution < -0.4 is 21.3 Å². The Morgan fingerprint density at radius 3 is 1.64 bits per heavy atom. The summed E-state index contributed by atoms with van der Waals surface area (Å²) in [6.45, 7) is 1.68. The number of carbonyl (C=O) groups is 4. The number of ether oxygens (including phenoxy) is 1. The molecule has 0 bridgehead atoms. The highest BCUT2D eigenvalue weighted by Crippen LogP contribution is 2.39. The summed E-state index contributed by atoms with van der Waals surface area (Å²) in [5.74, 6) is -3.64. The van der Waals surface area contributed by atoms with E-state index in [-0.39, 0.29) is 18.7 Å². The zero-order valence-corrected chi connectivity index (χ0v) is 31.7. The normalized spacial score (nSPS) is 17.3. The van der Waals surface area contributed by atoms with Gasteiger partial charge in [-0.15, -0.1) is 0 Å². The largest absolute Gasteiger partial charge is 0.396 e. The van der Waals surface area contributed by atoms with Gasteiger partial charge in [-0.3, -0.25) is 19.2 Å². The van der Waals surface area contributed by atoms with Gasteiger partial charge in [-0.05, 0) is 67.8 Å². The maximum Gasteiger partial charge on any atom is 0.253 e. The van der Waals surface area contributed by atoms with Crippen LogP contribution >= 0.6 is 67.8 Å². The Balaban J connectivity index is 2.97.